The Bertz CT molecular complexity index is 443. The Kier molecular flexibility index (Phi) is 3.93. The van der Waals surface area contributed by atoms with Gasteiger partial charge in [-0.3, -0.25) is 4.90 Å². The van der Waals surface area contributed by atoms with E-state index in [4.69, 9.17) is 11.6 Å². The van der Waals surface area contributed by atoms with Crippen molar-refractivity contribution in [2.45, 2.75) is 31.7 Å². The number of rotatable bonds is 3. The van der Waals surface area contributed by atoms with Crippen molar-refractivity contribution in [3.63, 3.8) is 0 Å². The lowest BCUT2D eigenvalue weighted by atomic mass is 9.88. The molecule has 0 spiro atoms. The minimum atomic E-state index is -1.03. The van der Waals surface area contributed by atoms with Crippen LogP contribution in [-0.2, 0) is 10.3 Å². The Hall–Kier alpha value is -1.06. The van der Waals surface area contributed by atoms with Crippen LogP contribution in [0, 0.1) is 0 Å². The molecule has 1 aliphatic heterocycles. The van der Waals surface area contributed by atoms with Crippen molar-refractivity contribution in [1.29, 1.82) is 0 Å². The number of piperidine rings is 1. The van der Waals surface area contributed by atoms with Crippen molar-refractivity contribution < 1.29 is 9.90 Å². The van der Waals surface area contributed by atoms with Crippen LogP contribution in [0.2, 0.25) is 5.02 Å². The molecule has 18 heavy (non-hydrogen) atoms. The molecule has 0 aromatic heterocycles. The summed E-state index contributed by atoms with van der Waals surface area (Å²) in [5.74, 6) is -0.836. The van der Waals surface area contributed by atoms with E-state index < -0.39 is 11.5 Å². The molecule has 1 atom stereocenters. The van der Waals surface area contributed by atoms with Crippen molar-refractivity contribution in [3.05, 3.63) is 34.9 Å². The van der Waals surface area contributed by atoms with Gasteiger partial charge in [-0.1, -0.05) is 36.2 Å². The molecule has 1 N–H and O–H groups in total. The summed E-state index contributed by atoms with van der Waals surface area (Å²) in [7, 11) is 0. The molecular weight excluding hydrogens is 250 g/mol. The quantitative estimate of drug-likeness (QED) is 0.915. The van der Waals surface area contributed by atoms with Crippen molar-refractivity contribution >= 4 is 17.6 Å². The molecule has 0 radical (unpaired) electrons. The van der Waals surface area contributed by atoms with Crippen LogP contribution in [0.25, 0.3) is 0 Å². The van der Waals surface area contributed by atoms with Crippen LogP contribution < -0.4 is 0 Å². The largest absolute Gasteiger partial charge is 0.480 e. The van der Waals surface area contributed by atoms with Crippen molar-refractivity contribution in [2.24, 2.45) is 0 Å². The predicted molar refractivity (Wildman–Crippen MR) is 71.9 cm³/mol. The van der Waals surface area contributed by atoms with Gasteiger partial charge in [-0.15, -0.1) is 0 Å². The second kappa shape index (κ2) is 5.29. The van der Waals surface area contributed by atoms with Crippen LogP contribution in [0.3, 0.4) is 0 Å². The van der Waals surface area contributed by atoms with Gasteiger partial charge in [0.15, 0.2) is 0 Å². The first-order chi connectivity index (χ1) is 8.56. The van der Waals surface area contributed by atoms with Crippen LogP contribution in [0.5, 0.6) is 0 Å². The fraction of sp³-hybridized carbons (Fsp3) is 0.500. The third-order valence-electron chi connectivity index (χ3n) is 3.80. The molecule has 98 valence electrons. The molecule has 0 saturated carbocycles. The normalized spacial score (nSPS) is 20.3. The smallest absolute Gasteiger partial charge is 0.328 e. The van der Waals surface area contributed by atoms with Gasteiger partial charge in [0.05, 0.1) is 0 Å². The van der Waals surface area contributed by atoms with E-state index in [1.807, 2.05) is 23.1 Å². The molecular formula is C14H18ClNO2. The number of carboxylic acid groups (broad SMARTS) is 1. The highest BCUT2D eigenvalue weighted by Gasteiger charge is 2.42. The molecule has 1 saturated heterocycles. The SMILES string of the molecule is C[C@](C(=O)O)(c1ccccc1Cl)N1CCCCC1. The molecule has 4 heteroatoms. The third-order valence-corrected chi connectivity index (χ3v) is 4.13. The van der Waals surface area contributed by atoms with E-state index in [9.17, 15) is 9.90 Å². The number of aliphatic carboxylic acids is 1. The predicted octanol–water partition coefficient (Wildman–Crippen LogP) is 3.13. The number of likely N-dealkylation sites (tertiary alicyclic amines) is 1. The summed E-state index contributed by atoms with van der Waals surface area (Å²) in [6.45, 7) is 3.38. The van der Waals surface area contributed by atoms with Crippen LogP contribution in [0.4, 0.5) is 0 Å². The number of benzene rings is 1. The summed E-state index contributed by atoms with van der Waals surface area (Å²) in [6.07, 6.45) is 3.27. The molecule has 3 nitrogen and oxygen atoms in total. The van der Waals surface area contributed by atoms with E-state index in [1.54, 1.807) is 13.0 Å². The molecule has 1 fully saturated rings. The van der Waals surface area contributed by atoms with E-state index in [2.05, 4.69) is 0 Å². The van der Waals surface area contributed by atoms with Crippen LogP contribution in [-0.4, -0.2) is 29.1 Å². The van der Waals surface area contributed by atoms with Gasteiger partial charge < -0.3 is 5.11 Å². The lowest BCUT2D eigenvalue weighted by molar-refractivity contribution is -0.152. The van der Waals surface area contributed by atoms with E-state index in [-0.39, 0.29) is 0 Å². The summed E-state index contributed by atoms with van der Waals surface area (Å²) in [6, 6.07) is 7.23. The molecule has 1 aliphatic rings. The maximum absolute atomic E-state index is 11.8. The summed E-state index contributed by atoms with van der Waals surface area (Å²) >= 11 is 6.18. The van der Waals surface area contributed by atoms with E-state index in [0.29, 0.717) is 10.6 Å². The summed E-state index contributed by atoms with van der Waals surface area (Å²) < 4.78 is 0. The number of carbonyl (C=O) groups is 1. The first-order valence-electron chi connectivity index (χ1n) is 6.30. The number of halogens is 1. The minimum Gasteiger partial charge on any atom is -0.480 e. The zero-order valence-corrected chi connectivity index (χ0v) is 11.3. The lowest BCUT2D eigenvalue weighted by Crippen LogP contribution is -2.52. The molecule has 0 aliphatic carbocycles. The zero-order valence-electron chi connectivity index (χ0n) is 10.5. The lowest BCUT2D eigenvalue weighted by Gasteiger charge is -2.40. The average Bonchev–Trinajstić information content (AvgIpc) is 2.39. The first-order valence-corrected chi connectivity index (χ1v) is 6.68. The summed E-state index contributed by atoms with van der Waals surface area (Å²) in [5.41, 5.74) is -0.347. The third kappa shape index (κ3) is 2.25. The second-order valence-corrected chi connectivity index (χ2v) is 5.31. The van der Waals surface area contributed by atoms with Gasteiger partial charge in [-0.2, -0.15) is 0 Å². The van der Waals surface area contributed by atoms with Crippen LogP contribution in [0.1, 0.15) is 31.7 Å². The minimum absolute atomic E-state index is 0.521. The Morgan fingerprint density at radius 1 is 1.28 bits per heavy atom. The molecule has 0 amide bonds. The van der Waals surface area contributed by atoms with Gasteiger partial charge in [0.2, 0.25) is 0 Å². The van der Waals surface area contributed by atoms with Crippen molar-refractivity contribution in [2.75, 3.05) is 13.1 Å². The first kappa shape index (κ1) is 13.4. The van der Waals surface area contributed by atoms with Gasteiger partial charge in [-0.05, 0) is 38.9 Å². The maximum atomic E-state index is 11.8. The molecule has 1 aromatic rings. The Labute approximate surface area is 112 Å². The van der Waals surface area contributed by atoms with E-state index in [0.717, 1.165) is 25.9 Å². The highest BCUT2D eigenvalue weighted by molar-refractivity contribution is 6.31. The molecule has 0 unspecified atom stereocenters. The van der Waals surface area contributed by atoms with Crippen LogP contribution >= 0.6 is 11.6 Å². The van der Waals surface area contributed by atoms with Gasteiger partial charge >= 0.3 is 5.97 Å². The van der Waals surface area contributed by atoms with Gasteiger partial charge in [0.1, 0.15) is 5.54 Å². The number of nitrogens with zero attached hydrogens (tertiary/aromatic N) is 1. The van der Waals surface area contributed by atoms with E-state index in [1.165, 1.54) is 6.42 Å². The standard InChI is InChI=1S/C14H18ClNO2/c1-14(13(17)18,16-9-5-2-6-10-16)11-7-3-4-8-12(11)15/h3-4,7-8H,2,5-6,9-10H2,1H3,(H,17,18)/t14-/m1/s1. The molecule has 2 rings (SSSR count). The Morgan fingerprint density at radius 2 is 1.89 bits per heavy atom. The highest BCUT2D eigenvalue weighted by atomic mass is 35.5. The van der Waals surface area contributed by atoms with Crippen molar-refractivity contribution in [1.82, 2.24) is 4.90 Å². The monoisotopic (exact) mass is 267 g/mol. The topological polar surface area (TPSA) is 40.5 Å². The summed E-state index contributed by atoms with van der Waals surface area (Å²) in [4.78, 5) is 13.8. The summed E-state index contributed by atoms with van der Waals surface area (Å²) in [5, 5.41) is 10.2. The molecule has 1 aromatic carbocycles. The van der Waals surface area contributed by atoms with Gasteiger partial charge in [0.25, 0.3) is 0 Å². The highest BCUT2D eigenvalue weighted by Crippen LogP contribution is 2.35. The van der Waals surface area contributed by atoms with Gasteiger partial charge in [0, 0.05) is 10.6 Å². The van der Waals surface area contributed by atoms with Crippen LogP contribution in [0.15, 0.2) is 24.3 Å². The number of hydrogen-bond acceptors (Lipinski definition) is 2. The Balaban J connectivity index is 2.43. The molecule has 0 bridgehead atoms. The van der Waals surface area contributed by atoms with Gasteiger partial charge in [-0.25, -0.2) is 4.79 Å². The fourth-order valence-corrected chi connectivity index (χ4v) is 2.94. The Morgan fingerprint density at radius 3 is 2.44 bits per heavy atom. The van der Waals surface area contributed by atoms with E-state index >= 15 is 0 Å². The van der Waals surface area contributed by atoms with Crippen molar-refractivity contribution in [3.8, 4) is 0 Å². The second-order valence-electron chi connectivity index (χ2n) is 4.90. The number of carboxylic acids is 1. The maximum Gasteiger partial charge on any atom is 0.328 e. The number of hydrogen-bond donors (Lipinski definition) is 1. The zero-order chi connectivity index (χ0) is 13.2. The fourth-order valence-electron chi connectivity index (χ4n) is 2.62. The molecule has 1 heterocycles. The average molecular weight is 268 g/mol.